The number of hydrogen-bond acceptors (Lipinski definition) is 2. The van der Waals surface area contributed by atoms with E-state index in [1.807, 2.05) is 13.0 Å². The van der Waals surface area contributed by atoms with Crippen LogP contribution in [0.1, 0.15) is 48.0 Å². The SMILES string of the molecule is Cc1ccc(C(=O)O)cc1NCC1CCCCC1. The van der Waals surface area contributed by atoms with E-state index in [1.54, 1.807) is 12.1 Å². The number of carboxylic acid groups (broad SMARTS) is 1. The molecule has 0 bridgehead atoms. The Balaban J connectivity index is 1.99. The van der Waals surface area contributed by atoms with Gasteiger partial charge in [0.25, 0.3) is 0 Å². The Morgan fingerprint density at radius 1 is 1.33 bits per heavy atom. The maximum absolute atomic E-state index is 10.9. The molecule has 0 radical (unpaired) electrons. The molecule has 0 saturated heterocycles. The van der Waals surface area contributed by atoms with Gasteiger partial charge in [0, 0.05) is 12.2 Å². The van der Waals surface area contributed by atoms with Gasteiger partial charge in [-0.2, -0.15) is 0 Å². The zero-order valence-corrected chi connectivity index (χ0v) is 10.9. The maximum atomic E-state index is 10.9. The lowest BCUT2D eigenvalue weighted by atomic mass is 9.89. The highest BCUT2D eigenvalue weighted by Crippen LogP contribution is 2.25. The van der Waals surface area contributed by atoms with Gasteiger partial charge < -0.3 is 10.4 Å². The molecule has 3 heteroatoms. The molecule has 1 aromatic carbocycles. The average molecular weight is 247 g/mol. The van der Waals surface area contributed by atoms with E-state index in [4.69, 9.17) is 5.11 Å². The van der Waals surface area contributed by atoms with Crippen molar-refractivity contribution in [3.63, 3.8) is 0 Å². The predicted octanol–water partition coefficient (Wildman–Crippen LogP) is 3.69. The van der Waals surface area contributed by atoms with E-state index in [1.165, 1.54) is 32.1 Å². The third kappa shape index (κ3) is 3.25. The van der Waals surface area contributed by atoms with Crippen LogP contribution in [0.15, 0.2) is 18.2 Å². The zero-order valence-electron chi connectivity index (χ0n) is 10.9. The lowest BCUT2D eigenvalue weighted by molar-refractivity contribution is 0.0697. The van der Waals surface area contributed by atoms with E-state index in [0.29, 0.717) is 5.56 Å². The Kier molecular flexibility index (Phi) is 4.24. The number of aryl methyl sites for hydroxylation is 1. The quantitative estimate of drug-likeness (QED) is 0.853. The van der Waals surface area contributed by atoms with Crippen molar-refractivity contribution in [3.8, 4) is 0 Å². The molecule has 1 saturated carbocycles. The summed E-state index contributed by atoms with van der Waals surface area (Å²) in [6.45, 7) is 2.97. The van der Waals surface area contributed by atoms with Crippen LogP contribution in [0.4, 0.5) is 5.69 Å². The molecule has 18 heavy (non-hydrogen) atoms. The highest BCUT2D eigenvalue weighted by Gasteiger charge is 2.13. The van der Waals surface area contributed by atoms with Crippen molar-refractivity contribution in [1.82, 2.24) is 0 Å². The molecule has 0 heterocycles. The van der Waals surface area contributed by atoms with Crippen LogP contribution in [0.2, 0.25) is 0 Å². The largest absolute Gasteiger partial charge is 0.478 e. The average Bonchev–Trinajstić information content (AvgIpc) is 2.38. The second-order valence-corrected chi connectivity index (χ2v) is 5.22. The highest BCUT2D eigenvalue weighted by atomic mass is 16.4. The van der Waals surface area contributed by atoms with Gasteiger partial charge in [-0.15, -0.1) is 0 Å². The fraction of sp³-hybridized carbons (Fsp3) is 0.533. The number of anilines is 1. The van der Waals surface area contributed by atoms with Gasteiger partial charge in [0.05, 0.1) is 5.56 Å². The summed E-state index contributed by atoms with van der Waals surface area (Å²) in [5, 5.41) is 12.4. The Labute approximate surface area is 108 Å². The maximum Gasteiger partial charge on any atom is 0.335 e. The monoisotopic (exact) mass is 247 g/mol. The third-order valence-electron chi connectivity index (χ3n) is 3.79. The van der Waals surface area contributed by atoms with E-state index in [2.05, 4.69) is 5.32 Å². The molecule has 0 aromatic heterocycles. The second kappa shape index (κ2) is 5.89. The van der Waals surface area contributed by atoms with Crippen LogP contribution >= 0.6 is 0 Å². The molecule has 1 fully saturated rings. The van der Waals surface area contributed by atoms with Crippen LogP contribution in [0.25, 0.3) is 0 Å². The first-order valence-corrected chi connectivity index (χ1v) is 6.74. The molecule has 0 amide bonds. The first kappa shape index (κ1) is 12.9. The molecule has 1 aliphatic carbocycles. The lowest BCUT2D eigenvalue weighted by Crippen LogP contribution is -2.17. The van der Waals surface area contributed by atoms with Gasteiger partial charge in [-0.25, -0.2) is 4.79 Å². The minimum atomic E-state index is -0.865. The van der Waals surface area contributed by atoms with Crippen LogP contribution in [-0.2, 0) is 0 Å². The van der Waals surface area contributed by atoms with Crippen molar-refractivity contribution < 1.29 is 9.90 Å². The van der Waals surface area contributed by atoms with Gasteiger partial charge in [-0.1, -0.05) is 25.3 Å². The molecule has 2 N–H and O–H groups in total. The number of rotatable bonds is 4. The van der Waals surface area contributed by atoms with E-state index >= 15 is 0 Å². The Morgan fingerprint density at radius 3 is 2.72 bits per heavy atom. The Bertz CT molecular complexity index is 423. The summed E-state index contributed by atoms with van der Waals surface area (Å²) in [7, 11) is 0. The fourth-order valence-electron chi connectivity index (χ4n) is 2.59. The molecule has 3 nitrogen and oxygen atoms in total. The summed E-state index contributed by atoms with van der Waals surface area (Å²) in [5.74, 6) is -0.123. The van der Waals surface area contributed by atoms with Gasteiger partial charge in [0.15, 0.2) is 0 Å². The molecule has 1 aliphatic rings. The van der Waals surface area contributed by atoms with Crippen LogP contribution in [0.5, 0.6) is 0 Å². The van der Waals surface area contributed by atoms with Crippen molar-refractivity contribution in [2.24, 2.45) is 5.92 Å². The summed E-state index contributed by atoms with van der Waals surface area (Å²) in [4.78, 5) is 10.9. The van der Waals surface area contributed by atoms with E-state index < -0.39 is 5.97 Å². The second-order valence-electron chi connectivity index (χ2n) is 5.22. The highest BCUT2D eigenvalue weighted by molar-refractivity contribution is 5.89. The minimum absolute atomic E-state index is 0.353. The molecule has 0 spiro atoms. The van der Waals surface area contributed by atoms with Crippen LogP contribution in [-0.4, -0.2) is 17.6 Å². The normalized spacial score (nSPS) is 16.5. The summed E-state index contributed by atoms with van der Waals surface area (Å²) < 4.78 is 0. The zero-order chi connectivity index (χ0) is 13.0. The molecule has 0 atom stereocenters. The number of benzene rings is 1. The van der Waals surface area contributed by atoms with E-state index in [-0.39, 0.29) is 0 Å². The molecule has 2 rings (SSSR count). The van der Waals surface area contributed by atoms with Gasteiger partial charge in [0.1, 0.15) is 0 Å². The van der Waals surface area contributed by atoms with Crippen molar-refractivity contribution in [2.45, 2.75) is 39.0 Å². The molecular weight excluding hydrogens is 226 g/mol. The summed E-state index contributed by atoms with van der Waals surface area (Å²) >= 11 is 0. The number of carboxylic acids is 1. The van der Waals surface area contributed by atoms with Crippen molar-refractivity contribution in [1.29, 1.82) is 0 Å². The van der Waals surface area contributed by atoms with Gasteiger partial charge in [-0.05, 0) is 43.4 Å². The molecule has 1 aromatic rings. The fourth-order valence-corrected chi connectivity index (χ4v) is 2.59. The Morgan fingerprint density at radius 2 is 2.06 bits per heavy atom. The van der Waals surface area contributed by atoms with Crippen LogP contribution < -0.4 is 5.32 Å². The number of aromatic carboxylic acids is 1. The first-order chi connectivity index (χ1) is 8.66. The standard InChI is InChI=1S/C15H21NO2/c1-11-7-8-13(15(17)18)9-14(11)16-10-12-5-3-2-4-6-12/h7-9,12,16H,2-6,10H2,1H3,(H,17,18). The Hall–Kier alpha value is -1.51. The third-order valence-corrected chi connectivity index (χ3v) is 3.79. The van der Waals surface area contributed by atoms with Gasteiger partial charge >= 0.3 is 5.97 Å². The van der Waals surface area contributed by atoms with Crippen LogP contribution in [0, 0.1) is 12.8 Å². The lowest BCUT2D eigenvalue weighted by Gasteiger charge is -2.22. The number of nitrogens with one attached hydrogen (secondary N) is 1. The van der Waals surface area contributed by atoms with Crippen molar-refractivity contribution in [3.05, 3.63) is 29.3 Å². The van der Waals surface area contributed by atoms with Gasteiger partial charge in [0.2, 0.25) is 0 Å². The smallest absolute Gasteiger partial charge is 0.335 e. The minimum Gasteiger partial charge on any atom is -0.478 e. The van der Waals surface area contributed by atoms with Crippen molar-refractivity contribution in [2.75, 3.05) is 11.9 Å². The predicted molar refractivity (Wildman–Crippen MR) is 73.2 cm³/mol. The molecular formula is C15H21NO2. The van der Waals surface area contributed by atoms with E-state index in [9.17, 15) is 4.79 Å². The number of carbonyl (C=O) groups is 1. The molecule has 98 valence electrons. The first-order valence-electron chi connectivity index (χ1n) is 6.74. The summed E-state index contributed by atoms with van der Waals surface area (Å²) in [6, 6.07) is 5.26. The van der Waals surface area contributed by atoms with Gasteiger partial charge in [-0.3, -0.25) is 0 Å². The molecule has 0 aliphatic heterocycles. The summed E-state index contributed by atoms with van der Waals surface area (Å²) in [5.41, 5.74) is 2.42. The van der Waals surface area contributed by atoms with Crippen molar-refractivity contribution >= 4 is 11.7 Å². The summed E-state index contributed by atoms with van der Waals surface area (Å²) in [6.07, 6.45) is 6.63. The number of hydrogen-bond donors (Lipinski definition) is 2. The topological polar surface area (TPSA) is 49.3 Å². The van der Waals surface area contributed by atoms with E-state index in [0.717, 1.165) is 23.7 Å². The van der Waals surface area contributed by atoms with Crippen LogP contribution in [0.3, 0.4) is 0 Å². The molecule has 0 unspecified atom stereocenters.